The predicted octanol–water partition coefficient (Wildman–Crippen LogP) is 2.40. The molecule has 0 unspecified atom stereocenters. The van der Waals surface area contributed by atoms with Crippen LogP contribution in [0.2, 0.25) is 0 Å². The molecule has 1 aromatic heterocycles. The zero-order valence-corrected chi connectivity index (χ0v) is 17.1. The summed E-state index contributed by atoms with van der Waals surface area (Å²) in [5.41, 5.74) is 2.90. The van der Waals surface area contributed by atoms with Crippen LogP contribution >= 0.6 is 0 Å². The Morgan fingerprint density at radius 3 is 2.50 bits per heavy atom. The number of rotatable bonds is 8. The fourth-order valence-corrected chi connectivity index (χ4v) is 2.84. The Morgan fingerprint density at radius 1 is 1.07 bits per heavy atom. The number of guanidine groups is 1. The van der Waals surface area contributed by atoms with Crippen molar-refractivity contribution in [3.63, 3.8) is 0 Å². The third kappa shape index (κ3) is 6.37. The molecule has 3 N–H and O–H groups in total. The van der Waals surface area contributed by atoms with Crippen molar-refractivity contribution in [2.75, 3.05) is 19.5 Å². The van der Waals surface area contributed by atoms with Gasteiger partial charge in [-0.3, -0.25) is 14.5 Å². The zero-order chi connectivity index (χ0) is 21.2. The van der Waals surface area contributed by atoms with Crippen molar-refractivity contribution in [3.8, 4) is 5.75 Å². The second-order valence-corrected chi connectivity index (χ2v) is 6.58. The van der Waals surface area contributed by atoms with Crippen molar-refractivity contribution < 1.29 is 9.53 Å². The Bertz CT molecular complexity index is 968. The average Bonchev–Trinajstić information content (AvgIpc) is 3.27. The molecule has 0 bridgehead atoms. The summed E-state index contributed by atoms with van der Waals surface area (Å²) in [6.07, 6.45) is 3.40. The monoisotopic (exact) mass is 406 g/mol. The number of amides is 1. The highest BCUT2D eigenvalue weighted by Gasteiger charge is 2.05. The van der Waals surface area contributed by atoms with Crippen molar-refractivity contribution in [2.45, 2.75) is 19.6 Å². The lowest BCUT2D eigenvalue weighted by Crippen LogP contribution is -2.36. The van der Waals surface area contributed by atoms with Crippen molar-refractivity contribution in [1.82, 2.24) is 20.4 Å². The first-order valence-corrected chi connectivity index (χ1v) is 9.60. The number of carbonyl (C=O) groups excluding carboxylic acids is 1. The van der Waals surface area contributed by atoms with E-state index < -0.39 is 0 Å². The van der Waals surface area contributed by atoms with Crippen LogP contribution in [0.4, 0.5) is 5.69 Å². The van der Waals surface area contributed by atoms with Gasteiger partial charge >= 0.3 is 0 Å². The lowest BCUT2D eigenvalue weighted by atomic mass is 10.2. The minimum Gasteiger partial charge on any atom is -0.497 e. The van der Waals surface area contributed by atoms with Gasteiger partial charge in [-0.25, -0.2) is 0 Å². The predicted molar refractivity (Wildman–Crippen MR) is 117 cm³/mol. The molecule has 156 valence electrons. The zero-order valence-electron chi connectivity index (χ0n) is 17.1. The molecular weight excluding hydrogens is 380 g/mol. The summed E-state index contributed by atoms with van der Waals surface area (Å²) in [6.45, 7) is 1.40. The van der Waals surface area contributed by atoms with Gasteiger partial charge in [-0.15, -0.1) is 0 Å². The minimum atomic E-state index is -0.124. The third-order valence-corrected chi connectivity index (χ3v) is 4.38. The summed E-state index contributed by atoms with van der Waals surface area (Å²) < 4.78 is 6.76. The summed E-state index contributed by atoms with van der Waals surface area (Å²) >= 11 is 0. The molecule has 3 rings (SSSR count). The number of hydrogen-bond acceptors (Lipinski definition) is 4. The molecule has 1 heterocycles. The molecule has 0 saturated carbocycles. The van der Waals surface area contributed by atoms with Gasteiger partial charge in [0, 0.05) is 38.2 Å². The van der Waals surface area contributed by atoms with Gasteiger partial charge in [0.05, 0.1) is 7.11 Å². The van der Waals surface area contributed by atoms with Crippen LogP contribution in [0.1, 0.15) is 11.1 Å². The average molecular weight is 406 g/mol. The third-order valence-electron chi connectivity index (χ3n) is 4.38. The number of anilines is 1. The first-order valence-electron chi connectivity index (χ1n) is 9.60. The Balaban J connectivity index is 1.48. The van der Waals surface area contributed by atoms with Crippen LogP contribution in [0.3, 0.4) is 0 Å². The smallest absolute Gasteiger partial charge is 0.246 e. The standard InChI is InChI=1S/C22H26N6O2/c1-23-22(24-14-17-7-9-20(30-2)10-8-17)25-15-18-5-3-6-19(13-18)27-21(29)16-28-12-4-11-26-28/h3-13H,14-16H2,1-2H3,(H,27,29)(H2,23,24,25). The number of nitrogens with one attached hydrogen (secondary N) is 3. The molecule has 0 spiro atoms. The molecule has 2 aromatic carbocycles. The van der Waals surface area contributed by atoms with Gasteiger partial charge in [-0.05, 0) is 41.5 Å². The number of aliphatic imine (C=N–C) groups is 1. The SMILES string of the molecule is CN=C(NCc1ccc(OC)cc1)NCc1cccc(NC(=O)Cn2cccn2)c1. The Morgan fingerprint density at radius 2 is 1.83 bits per heavy atom. The van der Waals surface area contributed by atoms with Crippen LogP contribution < -0.4 is 20.7 Å². The van der Waals surface area contributed by atoms with Gasteiger partial charge in [0.25, 0.3) is 0 Å². The van der Waals surface area contributed by atoms with E-state index in [1.165, 1.54) is 0 Å². The first-order chi connectivity index (χ1) is 14.7. The second kappa shape index (κ2) is 10.7. The van der Waals surface area contributed by atoms with E-state index in [9.17, 15) is 4.79 Å². The fraction of sp³-hybridized carbons (Fsp3) is 0.227. The van der Waals surface area contributed by atoms with E-state index in [0.717, 1.165) is 22.6 Å². The van der Waals surface area contributed by atoms with Crippen LogP contribution in [0.5, 0.6) is 5.75 Å². The van der Waals surface area contributed by atoms with Gasteiger partial charge in [0.15, 0.2) is 5.96 Å². The molecule has 0 atom stereocenters. The summed E-state index contributed by atoms with van der Waals surface area (Å²) in [5.74, 6) is 1.40. The molecule has 8 heteroatoms. The van der Waals surface area contributed by atoms with E-state index in [2.05, 4.69) is 26.0 Å². The van der Waals surface area contributed by atoms with E-state index in [4.69, 9.17) is 4.74 Å². The second-order valence-electron chi connectivity index (χ2n) is 6.58. The van der Waals surface area contributed by atoms with Crippen LogP contribution in [0, 0.1) is 0 Å². The van der Waals surface area contributed by atoms with Gasteiger partial charge in [-0.1, -0.05) is 24.3 Å². The molecule has 0 fully saturated rings. The maximum Gasteiger partial charge on any atom is 0.246 e. The summed E-state index contributed by atoms with van der Waals surface area (Å²) in [7, 11) is 3.38. The largest absolute Gasteiger partial charge is 0.497 e. The summed E-state index contributed by atoms with van der Waals surface area (Å²) in [4.78, 5) is 16.4. The van der Waals surface area contributed by atoms with E-state index in [1.54, 1.807) is 37.3 Å². The number of hydrogen-bond donors (Lipinski definition) is 3. The van der Waals surface area contributed by atoms with Gasteiger partial charge in [0.1, 0.15) is 12.3 Å². The van der Waals surface area contributed by atoms with Gasteiger partial charge in [0.2, 0.25) is 5.91 Å². The van der Waals surface area contributed by atoms with E-state index in [1.807, 2.05) is 48.5 Å². The van der Waals surface area contributed by atoms with Crippen LogP contribution in [0.15, 0.2) is 72.0 Å². The van der Waals surface area contributed by atoms with Crippen molar-refractivity contribution in [1.29, 1.82) is 0 Å². The maximum absolute atomic E-state index is 12.1. The number of nitrogens with zero attached hydrogens (tertiary/aromatic N) is 3. The maximum atomic E-state index is 12.1. The molecule has 3 aromatic rings. The van der Waals surface area contributed by atoms with Gasteiger partial charge in [-0.2, -0.15) is 5.10 Å². The number of carbonyl (C=O) groups is 1. The summed E-state index contributed by atoms with van der Waals surface area (Å²) in [6, 6.07) is 17.4. The van der Waals surface area contributed by atoms with E-state index in [-0.39, 0.29) is 12.5 Å². The van der Waals surface area contributed by atoms with E-state index in [0.29, 0.717) is 19.0 Å². The molecular formula is C22H26N6O2. The Hall–Kier alpha value is -3.81. The van der Waals surface area contributed by atoms with Crippen LogP contribution in [0.25, 0.3) is 0 Å². The quantitative estimate of drug-likeness (QED) is 0.395. The molecule has 0 aliphatic heterocycles. The highest BCUT2D eigenvalue weighted by molar-refractivity contribution is 5.90. The normalized spacial score (nSPS) is 11.1. The first kappa shape index (κ1) is 20.9. The van der Waals surface area contributed by atoms with Crippen molar-refractivity contribution >= 4 is 17.6 Å². The highest BCUT2D eigenvalue weighted by atomic mass is 16.5. The lowest BCUT2D eigenvalue weighted by Gasteiger charge is -2.13. The Kier molecular flexibility index (Phi) is 7.43. The number of benzene rings is 2. The Labute approximate surface area is 176 Å². The summed E-state index contributed by atoms with van der Waals surface area (Å²) in [5, 5.41) is 13.5. The molecule has 8 nitrogen and oxygen atoms in total. The molecule has 0 radical (unpaired) electrons. The van der Waals surface area contributed by atoms with Crippen molar-refractivity contribution in [3.05, 3.63) is 78.1 Å². The minimum absolute atomic E-state index is 0.124. The molecule has 1 amide bonds. The van der Waals surface area contributed by atoms with E-state index >= 15 is 0 Å². The number of aromatic nitrogens is 2. The number of methoxy groups -OCH3 is 1. The highest BCUT2D eigenvalue weighted by Crippen LogP contribution is 2.12. The topological polar surface area (TPSA) is 92.6 Å². The van der Waals surface area contributed by atoms with Crippen molar-refractivity contribution in [2.24, 2.45) is 4.99 Å². The molecule has 0 aliphatic carbocycles. The lowest BCUT2D eigenvalue weighted by molar-refractivity contribution is -0.116. The molecule has 0 aliphatic rings. The van der Waals surface area contributed by atoms with Crippen LogP contribution in [-0.4, -0.2) is 35.8 Å². The molecule has 0 saturated heterocycles. The number of ether oxygens (including phenoxy) is 1. The van der Waals surface area contributed by atoms with Gasteiger partial charge < -0.3 is 20.7 Å². The molecule has 30 heavy (non-hydrogen) atoms. The fourth-order valence-electron chi connectivity index (χ4n) is 2.84. The van der Waals surface area contributed by atoms with Crippen LogP contribution in [-0.2, 0) is 24.4 Å².